The Balaban J connectivity index is 1.20. The Bertz CT molecular complexity index is 618. The van der Waals surface area contributed by atoms with Gasteiger partial charge in [-0.2, -0.15) is 5.10 Å². The van der Waals surface area contributed by atoms with Crippen molar-refractivity contribution >= 4 is 5.78 Å². The molecule has 0 radical (unpaired) electrons. The summed E-state index contributed by atoms with van der Waals surface area (Å²) in [6, 6.07) is 2.09. The first-order chi connectivity index (χ1) is 13.1. The van der Waals surface area contributed by atoms with E-state index in [-0.39, 0.29) is 0 Å². The molecule has 5 heteroatoms. The van der Waals surface area contributed by atoms with Gasteiger partial charge in [0.25, 0.3) is 0 Å². The average Bonchev–Trinajstić information content (AvgIpc) is 3.15. The number of piperidine rings is 2. The summed E-state index contributed by atoms with van der Waals surface area (Å²) in [7, 11) is 0. The third-order valence-electron chi connectivity index (χ3n) is 7.41. The summed E-state index contributed by atoms with van der Waals surface area (Å²) in [6.07, 6.45) is 13.9. The van der Waals surface area contributed by atoms with Crippen LogP contribution in [0.2, 0.25) is 0 Å². The molecule has 1 aromatic heterocycles. The van der Waals surface area contributed by atoms with E-state index < -0.39 is 0 Å². The summed E-state index contributed by atoms with van der Waals surface area (Å²) in [5, 5.41) is 4.53. The van der Waals surface area contributed by atoms with E-state index in [1.165, 1.54) is 70.3 Å². The molecule has 0 aromatic carbocycles. The first-order valence-electron chi connectivity index (χ1n) is 11.1. The molecule has 0 spiro atoms. The minimum atomic E-state index is 0.346. The molecular weight excluding hydrogens is 336 g/mol. The highest BCUT2D eigenvalue weighted by Crippen LogP contribution is 2.31. The maximum Gasteiger partial charge on any atom is 0.132 e. The van der Waals surface area contributed by atoms with Crippen molar-refractivity contribution < 1.29 is 4.79 Å². The van der Waals surface area contributed by atoms with Crippen LogP contribution in [0.3, 0.4) is 0 Å². The number of Topliss-reactive ketones (excluding diaryl/α,β-unsaturated/α-hetero) is 1. The first-order valence-corrected chi connectivity index (χ1v) is 11.1. The van der Waals surface area contributed by atoms with Gasteiger partial charge >= 0.3 is 0 Å². The molecule has 0 atom stereocenters. The molecule has 1 aromatic rings. The van der Waals surface area contributed by atoms with Crippen molar-refractivity contribution in [2.45, 2.75) is 83.3 Å². The summed E-state index contributed by atoms with van der Waals surface area (Å²) in [5.74, 6) is 0.750. The maximum atomic E-state index is 11.6. The Kier molecular flexibility index (Phi) is 5.98. The largest absolute Gasteiger partial charge is 0.300 e. The zero-order valence-corrected chi connectivity index (χ0v) is 17.1. The Morgan fingerprint density at radius 2 is 1.37 bits per heavy atom. The standard InChI is InChI=1S/C22H36N4O/c1-17-15-23-26(16-17)22-9-13-25(14-10-22)21-7-11-24(12-8-21)20-5-3-19(4-6-20)18(2)27/h15-16,19-22H,3-14H2,1-2H3/t19-,20-. The monoisotopic (exact) mass is 372 g/mol. The second-order valence-corrected chi connectivity index (χ2v) is 9.15. The molecule has 2 saturated heterocycles. The van der Waals surface area contributed by atoms with Gasteiger partial charge in [0, 0.05) is 37.3 Å². The highest BCUT2D eigenvalue weighted by atomic mass is 16.1. The number of carbonyl (C=O) groups excluding carboxylic acids is 1. The van der Waals surface area contributed by atoms with Crippen molar-refractivity contribution in [3.05, 3.63) is 18.0 Å². The van der Waals surface area contributed by atoms with Crippen molar-refractivity contribution in [2.24, 2.45) is 5.92 Å². The molecular formula is C22H36N4O. The van der Waals surface area contributed by atoms with E-state index in [1.807, 2.05) is 6.20 Å². The van der Waals surface area contributed by atoms with Crippen LogP contribution in [-0.2, 0) is 4.79 Å². The topological polar surface area (TPSA) is 41.4 Å². The van der Waals surface area contributed by atoms with Crippen molar-refractivity contribution in [3.63, 3.8) is 0 Å². The van der Waals surface area contributed by atoms with E-state index in [4.69, 9.17) is 0 Å². The molecule has 0 bridgehead atoms. The van der Waals surface area contributed by atoms with Crippen molar-refractivity contribution in [1.82, 2.24) is 19.6 Å². The predicted molar refractivity (Wildman–Crippen MR) is 108 cm³/mol. The van der Waals surface area contributed by atoms with E-state index >= 15 is 0 Å². The predicted octanol–water partition coefficient (Wildman–Crippen LogP) is 3.44. The van der Waals surface area contributed by atoms with Crippen LogP contribution >= 0.6 is 0 Å². The molecule has 0 N–H and O–H groups in total. The number of likely N-dealkylation sites (tertiary alicyclic amines) is 2. The van der Waals surface area contributed by atoms with Gasteiger partial charge in [-0.15, -0.1) is 0 Å². The van der Waals surface area contributed by atoms with Crippen molar-refractivity contribution in [2.75, 3.05) is 26.2 Å². The first kappa shape index (κ1) is 19.1. The van der Waals surface area contributed by atoms with Crippen LogP contribution in [0.1, 0.15) is 69.9 Å². The Labute approximate surface area is 164 Å². The zero-order chi connectivity index (χ0) is 18.8. The number of aryl methyl sites for hydroxylation is 1. The highest BCUT2D eigenvalue weighted by molar-refractivity contribution is 5.78. The van der Waals surface area contributed by atoms with E-state index in [9.17, 15) is 4.79 Å². The third-order valence-corrected chi connectivity index (χ3v) is 7.41. The van der Waals surface area contributed by atoms with Gasteiger partial charge in [-0.3, -0.25) is 9.48 Å². The lowest BCUT2D eigenvalue weighted by atomic mass is 9.82. The molecule has 3 aliphatic rings. The quantitative estimate of drug-likeness (QED) is 0.812. The van der Waals surface area contributed by atoms with E-state index in [1.54, 1.807) is 6.92 Å². The lowest BCUT2D eigenvalue weighted by molar-refractivity contribution is -0.122. The fourth-order valence-electron chi connectivity index (χ4n) is 5.61. The second kappa shape index (κ2) is 8.44. The van der Waals surface area contributed by atoms with Crippen LogP contribution in [-0.4, -0.2) is 63.6 Å². The number of aromatic nitrogens is 2. The van der Waals surface area contributed by atoms with Gasteiger partial charge in [0.1, 0.15) is 5.78 Å². The van der Waals surface area contributed by atoms with Crippen LogP contribution in [0.15, 0.2) is 12.4 Å². The fraction of sp³-hybridized carbons (Fsp3) is 0.818. The molecule has 27 heavy (non-hydrogen) atoms. The molecule has 5 nitrogen and oxygen atoms in total. The number of hydrogen-bond donors (Lipinski definition) is 0. The maximum absolute atomic E-state index is 11.6. The molecule has 1 saturated carbocycles. The van der Waals surface area contributed by atoms with E-state index in [0.29, 0.717) is 17.7 Å². The number of nitrogens with zero attached hydrogens (tertiary/aromatic N) is 4. The molecule has 4 rings (SSSR count). The summed E-state index contributed by atoms with van der Waals surface area (Å²) in [6.45, 7) is 8.83. The smallest absolute Gasteiger partial charge is 0.132 e. The normalized spacial score (nSPS) is 29.9. The van der Waals surface area contributed by atoms with Gasteiger partial charge in [0.2, 0.25) is 0 Å². The minimum absolute atomic E-state index is 0.346. The summed E-state index contributed by atoms with van der Waals surface area (Å²) in [5.41, 5.74) is 1.27. The Morgan fingerprint density at radius 3 is 1.85 bits per heavy atom. The molecule has 3 fully saturated rings. The van der Waals surface area contributed by atoms with Gasteiger partial charge < -0.3 is 9.80 Å². The van der Waals surface area contributed by atoms with Crippen LogP contribution in [0.25, 0.3) is 0 Å². The minimum Gasteiger partial charge on any atom is -0.300 e. The molecule has 150 valence electrons. The van der Waals surface area contributed by atoms with Crippen LogP contribution in [0.4, 0.5) is 0 Å². The summed E-state index contributed by atoms with van der Waals surface area (Å²) < 4.78 is 2.19. The lowest BCUT2D eigenvalue weighted by Crippen LogP contribution is -2.50. The zero-order valence-electron chi connectivity index (χ0n) is 17.1. The fourth-order valence-corrected chi connectivity index (χ4v) is 5.61. The SMILES string of the molecule is Cc1cnn(C2CCN(C3CCN([C@H]4CC[C@H](C(C)=O)CC4)CC3)CC2)c1. The van der Waals surface area contributed by atoms with Crippen molar-refractivity contribution in [1.29, 1.82) is 0 Å². The number of carbonyl (C=O) groups is 1. The number of ketones is 1. The van der Waals surface area contributed by atoms with Gasteiger partial charge in [-0.1, -0.05) is 0 Å². The molecule has 0 amide bonds. The molecule has 0 unspecified atom stereocenters. The van der Waals surface area contributed by atoms with Crippen molar-refractivity contribution in [3.8, 4) is 0 Å². The number of rotatable bonds is 4. The Hall–Kier alpha value is -1.20. The van der Waals surface area contributed by atoms with Crippen LogP contribution < -0.4 is 0 Å². The van der Waals surface area contributed by atoms with Gasteiger partial charge in [0.15, 0.2) is 0 Å². The molecule has 1 aliphatic carbocycles. The molecule has 2 aliphatic heterocycles. The van der Waals surface area contributed by atoms with Gasteiger partial charge in [0.05, 0.1) is 12.2 Å². The lowest BCUT2D eigenvalue weighted by Gasteiger charge is -2.45. The van der Waals surface area contributed by atoms with Gasteiger partial charge in [-0.25, -0.2) is 0 Å². The van der Waals surface area contributed by atoms with Crippen LogP contribution in [0.5, 0.6) is 0 Å². The van der Waals surface area contributed by atoms with Crippen LogP contribution in [0, 0.1) is 12.8 Å². The number of hydrogen-bond acceptors (Lipinski definition) is 4. The van der Waals surface area contributed by atoms with Gasteiger partial charge in [-0.05, 0) is 83.9 Å². The summed E-state index contributed by atoms with van der Waals surface area (Å²) >= 11 is 0. The third kappa shape index (κ3) is 4.45. The van der Waals surface area contributed by atoms with E-state index in [0.717, 1.165) is 24.9 Å². The van der Waals surface area contributed by atoms with E-state index in [2.05, 4.69) is 32.7 Å². The Morgan fingerprint density at radius 1 is 0.852 bits per heavy atom. The average molecular weight is 373 g/mol. The summed E-state index contributed by atoms with van der Waals surface area (Å²) in [4.78, 5) is 17.1. The molecule has 3 heterocycles. The highest BCUT2D eigenvalue weighted by Gasteiger charge is 2.33. The second-order valence-electron chi connectivity index (χ2n) is 9.15.